The van der Waals surface area contributed by atoms with Crippen molar-refractivity contribution in [1.82, 2.24) is 0 Å². The topological polar surface area (TPSA) is 66.0 Å². The van der Waals surface area contributed by atoms with Crippen LogP contribution in [0.3, 0.4) is 0 Å². The highest BCUT2D eigenvalue weighted by molar-refractivity contribution is 6.05. The summed E-state index contributed by atoms with van der Waals surface area (Å²) in [6.45, 7) is 6.64. The first-order chi connectivity index (χ1) is 13.6. The van der Waals surface area contributed by atoms with Crippen LogP contribution in [0.1, 0.15) is 30.1 Å². The molecule has 0 radical (unpaired) electrons. The summed E-state index contributed by atoms with van der Waals surface area (Å²) in [6.07, 6.45) is 3.60. The molecule has 0 heterocycles. The SMILES string of the molecule is C=CCOc1ccc(C(=O)Nc2cc(OC)ccc2OCCCC)cc1OC. The monoisotopic (exact) mass is 385 g/mol. The van der Waals surface area contributed by atoms with E-state index in [4.69, 9.17) is 18.9 Å². The molecule has 1 amide bonds. The van der Waals surface area contributed by atoms with E-state index >= 15 is 0 Å². The number of carbonyl (C=O) groups excluding carboxylic acids is 1. The van der Waals surface area contributed by atoms with E-state index in [2.05, 4.69) is 18.8 Å². The maximum atomic E-state index is 12.8. The summed E-state index contributed by atoms with van der Waals surface area (Å²) in [5.41, 5.74) is 0.983. The predicted octanol–water partition coefficient (Wildman–Crippen LogP) is 4.70. The number of rotatable bonds is 11. The average Bonchev–Trinajstić information content (AvgIpc) is 2.73. The van der Waals surface area contributed by atoms with Crippen molar-refractivity contribution in [1.29, 1.82) is 0 Å². The number of anilines is 1. The molecule has 0 spiro atoms. The smallest absolute Gasteiger partial charge is 0.255 e. The number of unbranched alkanes of at least 4 members (excludes halogenated alkanes) is 1. The molecule has 0 fully saturated rings. The fourth-order valence-electron chi connectivity index (χ4n) is 2.46. The normalized spacial score (nSPS) is 10.1. The van der Waals surface area contributed by atoms with Crippen molar-refractivity contribution in [3.63, 3.8) is 0 Å². The Morgan fingerprint density at radius 1 is 1.04 bits per heavy atom. The Labute approximate surface area is 166 Å². The Hall–Kier alpha value is -3.15. The molecule has 0 unspecified atom stereocenters. The van der Waals surface area contributed by atoms with Crippen molar-refractivity contribution in [2.75, 3.05) is 32.8 Å². The van der Waals surface area contributed by atoms with Crippen LogP contribution in [-0.4, -0.2) is 33.3 Å². The Kier molecular flexibility index (Phi) is 8.21. The molecule has 0 aromatic heterocycles. The standard InChI is InChI=1S/C22H27NO5/c1-5-7-13-28-19-11-9-17(25-3)15-18(19)23-22(24)16-8-10-20(27-12-6-2)21(14-16)26-4/h6,8-11,14-15H,2,5,7,12-13H2,1,3-4H3,(H,23,24). The first kappa shape index (κ1) is 21.2. The number of carbonyl (C=O) groups is 1. The Bertz CT molecular complexity index is 804. The summed E-state index contributed by atoms with van der Waals surface area (Å²) in [5.74, 6) is 1.95. The first-order valence-corrected chi connectivity index (χ1v) is 9.16. The molecule has 2 aromatic carbocycles. The quantitative estimate of drug-likeness (QED) is 0.449. The molecule has 2 rings (SSSR count). The van der Waals surface area contributed by atoms with Crippen LogP contribution in [0.25, 0.3) is 0 Å². The maximum absolute atomic E-state index is 12.8. The zero-order valence-electron chi connectivity index (χ0n) is 16.6. The van der Waals surface area contributed by atoms with Gasteiger partial charge in [0.1, 0.15) is 18.1 Å². The number of nitrogens with one attached hydrogen (secondary N) is 1. The van der Waals surface area contributed by atoms with Gasteiger partial charge in [0, 0.05) is 11.6 Å². The lowest BCUT2D eigenvalue weighted by Gasteiger charge is -2.15. The van der Waals surface area contributed by atoms with Crippen LogP contribution in [0.2, 0.25) is 0 Å². The molecule has 1 N–H and O–H groups in total. The molecule has 0 aliphatic rings. The van der Waals surface area contributed by atoms with E-state index < -0.39 is 0 Å². The van der Waals surface area contributed by atoms with Gasteiger partial charge in [0.2, 0.25) is 0 Å². The molecule has 6 heteroatoms. The minimum absolute atomic E-state index is 0.290. The van der Waals surface area contributed by atoms with Crippen molar-refractivity contribution in [2.24, 2.45) is 0 Å². The summed E-state index contributed by atoms with van der Waals surface area (Å²) in [7, 11) is 3.10. The average molecular weight is 385 g/mol. The first-order valence-electron chi connectivity index (χ1n) is 9.16. The van der Waals surface area contributed by atoms with Crippen LogP contribution in [0, 0.1) is 0 Å². The molecule has 28 heavy (non-hydrogen) atoms. The van der Waals surface area contributed by atoms with Gasteiger partial charge >= 0.3 is 0 Å². The van der Waals surface area contributed by atoms with Gasteiger partial charge in [0.15, 0.2) is 11.5 Å². The van der Waals surface area contributed by atoms with Gasteiger partial charge in [0.25, 0.3) is 5.91 Å². The lowest BCUT2D eigenvalue weighted by Crippen LogP contribution is -2.13. The maximum Gasteiger partial charge on any atom is 0.255 e. The summed E-state index contributed by atoms with van der Waals surface area (Å²) < 4.78 is 21.9. The van der Waals surface area contributed by atoms with Crippen molar-refractivity contribution < 1.29 is 23.7 Å². The van der Waals surface area contributed by atoms with Crippen LogP contribution in [0.15, 0.2) is 49.1 Å². The molecular weight excluding hydrogens is 358 g/mol. The van der Waals surface area contributed by atoms with Crippen LogP contribution in [0.5, 0.6) is 23.0 Å². The second kappa shape index (κ2) is 10.9. The number of benzene rings is 2. The lowest BCUT2D eigenvalue weighted by molar-refractivity contribution is 0.102. The molecule has 0 bridgehead atoms. The zero-order chi connectivity index (χ0) is 20.4. The van der Waals surface area contributed by atoms with E-state index in [0.717, 1.165) is 12.8 Å². The molecule has 0 atom stereocenters. The van der Waals surface area contributed by atoms with Gasteiger partial charge in [-0.1, -0.05) is 26.0 Å². The highest BCUT2D eigenvalue weighted by Gasteiger charge is 2.14. The van der Waals surface area contributed by atoms with E-state index in [-0.39, 0.29) is 5.91 Å². The third-order valence-corrected chi connectivity index (χ3v) is 3.97. The lowest BCUT2D eigenvalue weighted by atomic mass is 10.1. The van der Waals surface area contributed by atoms with E-state index in [1.165, 1.54) is 7.11 Å². The Morgan fingerprint density at radius 3 is 2.50 bits per heavy atom. The van der Waals surface area contributed by atoms with Crippen molar-refractivity contribution in [3.8, 4) is 23.0 Å². The minimum atomic E-state index is -0.290. The van der Waals surface area contributed by atoms with E-state index in [9.17, 15) is 4.79 Å². The van der Waals surface area contributed by atoms with Gasteiger partial charge in [-0.3, -0.25) is 4.79 Å². The number of ether oxygens (including phenoxy) is 4. The molecule has 6 nitrogen and oxygen atoms in total. The summed E-state index contributed by atoms with van der Waals surface area (Å²) in [5, 5.41) is 2.89. The van der Waals surface area contributed by atoms with Crippen molar-refractivity contribution in [3.05, 3.63) is 54.6 Å². The van der Waals surface area contributed by atoms with Crippen LogP contribution >= 0.6 is 0 Å². The molecule has 0 aliphatic carbocycles. The third kappa shape index (κ3) is 5.67. The van der Waals surface area contributed by atoms with Gasteiger partial charge in [-0.05, 0) is 36.8 Å². The second-order valence-electron chi connectivity index (χ2n) is 5.98. The Balaban J connectivity index is 2.22. The predicted molar refractivity (Wildman–Crippen MR) is 110 cm³/mol. The molecular formula is C22H27NO5. The molecule has 0 aliphatic heterocycles. The van der Waals surface area contributed by atoms with E-state index in [1.54, 1.807) is 49.6 Å². The zero-order valence-corrected chi connectivity index (χ0v) is 16.6. The van der Waals surface area contributed by atoms with Gasteiger partial charge in [-0.15, -0.1) is 0 Å². The summed E-state index contributed by atoms with van der Waals surface area (Å²) in [6, 6.07) is 10.3. The summed E-state index contributed by atoms with van der Waals surface area (Å²) in [4.78, 5) is 12.8. The van der Waals surface area contributed by atoms with Crippen LogP contribution in [-0.2, 0) is 0 Å². The van der Waals surface area contributed by atoms with E-state index in [1.807, 2.05) is 0 Å². The summed E-state index contributed by atoms with van der Waals surface area (Å²) >= 11 is 0. The van der Waals surface area contributed by atoms with Gasteiger partial charge < -0.3 is 24.3 Å². The van der Waals surface area contributed by atoms with Gasteiger partial charge in [-0.2, -0.15) is 0 Å². The fourth-order valence-corrected chi connectivity index (χ4v) is 2.46. The fraction of sp³-hybridized carbons (Fsp3) is 0.318. The second-order valence-corrected chi connectivity index (χ2v) is 5.98. The van der Waals surface area contributed by atoms with Crippen molar-refractivity contribution >= 4 is 11.6 Å². The number of methoxy groups -OCH3 is 2. The van der Waals surface area contributed by atoms with Gasteiger partial charge in [-0.25, -0.2) is 0 Å². The minimum Gasteiger partial charge on any atom is -0.497 e. The number of hydrogen-bond acceptors (Lipinski definition) is 5. The molecule has 2 aromatic rings. The molecule has 150 valence electrons. The van der Waals surface area contributed by atoms with Crippen molar-refractivity contribution in [2.45, 2.75) is 19.8 Å². The molecule has 0 saturated carbocycles. The third-order valence-electron chi connectivity index (χ3n) is 3.97. The highest BCUT2D eigenvalue weighted by atomic mass is 16.5. The Morgan fingerprint density at radius 2 is 1.82 bits per heavy atom. The largest absolute Gasteiger partial charge is 0.497 e. The number of amides is 1. The van der Waals surface area contributed by atoms with Gasteiger partial charge in [0.05, 0.1) is 26.5 Å². The van der Waals surface area contributed by atoms with Crippen LogP contribution < -0.4 is 24.3 Å². The van der Waals surface area contributed by atoms with Crippen LogP contribution in [0.4, 0.5) is 5.69 Å². The highest BCUT2D eigenvalue weighted by Crippen LogP contribution is 2.31. The molecule has 0 saturated heterocycles. The number of hydrogen-bond donors (Lipinski definition) is 1. The van der Waals surface area contributed by atoms with E-state index in [0.29, 0.717) is 47.5 Å².